The summed E-state index contributed by atoms with van der Waals surface area (Å²) in [7, 11) is 2.13. The Hall–Kier alpha value is -0.0400. The molecule has 2 rings (SSSR count). The van der Waals surface area contributed by atoms with Crippen molar-refractivity contribution in [1.82, 2.24) is 5.32 Å². The van der Waals surface area contributed by atoms with Gasteiger partial charge >= 0.3 is 0 Å². The Morgan fingerprint density at radius 3 is 2.00 bits per heavy atom. The lowest BCUT2D eigenvalue weighted by atomic mass is 9.64. The van der Waals surface area contributed by atoms with E-state index in [2.05, 4.69) is 33.1 Å². The van der Waals surface area contributed by atoms with Gasteiger partial charge in [-0.15, -0.1) is 0 Å². The number of hydrogen-bond acceptors (Lipinski definition) is 1. The first kappa shape index (κ1) is 8.55. The summed E-state index contributed by atoms with van der Waals surface area (Å²) < 4.78 is 0. The Morgan fingerprint density at radius 2 is 1.67 bits per heavy atom. The van der Waals surface area contributed by atoms with Crippen LogP contribution in [-0.2, 0) is 0 Å². The second-order valence-electron chi connectivity index (χ2n) is 5.38. The van der Waals surface area contributed by atoms with Gasteiger partial charge in [0.25, 0.3) is 0 Å². The first-order valence-electron chi connectivity index (χ1n) is 5.21. The zero-order chi connectivity index (χ0) is 8.98. The van der Waals surface area contributed by atoms with E-state index in [1.54, 1.807) is 0 Å². The summed E-state index contributed by atoms with van der Waals surface area (Å²) in [6, 6.07) is 0. The monoisotopic (exact) mass is 167 g/mol. The Balaban J connectivity index is 2.34. The molecule has 2 aliphatic rings. The third kappa shape index (κ3) is 0.736. The highest BCUT2D eigenvalue weighted by Gasteiger charge is 2.59. The van der Waals surface area contributed by atoms with Crippen molar-refractivity contribution < 1.29 is 0 Å². The van der Waals surface area contributed by atoms with Gasteiger partial charge in [-0.2, -0.15) is 0 Å². The van der Waals surface area contributed by atoms with E-state index in [4.69, 9.17) is 0 Å². The second kappa shape index (κ2) is 2.25. The summed E-state index contributed by atoms with van der Waals surface area (Å²) in [5.41, 5.74) is 0.903. The summed E-state index contributed by atoms with van der Waals surface area (Å²) >= 11 is 0. The Morgan fingerprint density at radius 1 is 1.08 bits per heavy atom. The summed E-state index contributed by atoms with van der Waals surface area (Å²) in [6.45, 7) is 7.29. The molecule has 0 amide bonds. The predicted octanol–water partition coefficient (Wildman–Crippen LogP) is 2.42. The molecule has 0 aromatic carbocycles. The molecule has 2 aliphatic carbocycles. The largest absolute Gasteiger partial charge is 0.314 e. The molecule has 2 bridgehead atoms. The third-order valence-corrected chi connectivity index (χ3v) is 5.13. The van der Waals surface area contributed by atoms with E-state index in [1.165, 1.54) is 19.3 Å². The van der Waals surface area contributed by atoms with E-state index in [0.717, 1.165) is 11.8 Å². The van der Waals surface area contributed by atoms with Crippen LogP contribution in [0.25, 0.3) is 0 Å². The van der Waals surface area contributed by atoms with Crippen molar-refractivity contribution in [1.29, 1.82) is 0 Å². The van der Waals surface area contributed by atoms with Crippen molar-refractivity contribution in [2.75, 3.05) is 7.05 Å². The van der Waals surface area contributed by atoms with Crippen LogP contribution in [0.2, 0.25) is 0 Å². The zero-order valence-electron chi connectivity index (χ0n) is 8.78. The number of rotatable bonds is 1. The molecular weight excluding hydrogens is 146 g/mol. The fourth-order valence-corrected chi connectivity index (χ4v) is 3.64. The van der Waals surface area contributed by atoms with Crippen molar-refractivity contribution in [2.24, 2.45) is 17.3 Å². The Kier molecular flexibility index (Phi) is 1.61. The average Bonchev–Trinajstić information content (AvgIpc) is 2.55. The molecule has 1 heteroatoms. The van der Waals surface area contributed by atoms with Gasteiger partial charge in [-0.3, -0.25) is 0 Å². The zero-order valence-corrected chi connectivity index (χ0v) is 8.78. The molecule has 1 N–H and O–H groups in total. The normalized spacial score (nSPS) is 50.0. The van der Waals surface area contributed by atoms with Crippen LogP contribution in [-0.4, -0.2) is 12.6 Å². The quantitative estimate of drug-likeness (QED) is 0.632. The Labute approximate surface area is 75.9 Å². The number of fused-ring (bicyclic) bond motifs is 2. The lowest BCUT2D eigenvalue weighted by Crippen LogP contribution is -2.55. The highest BCUT2D eigenvalue weighted by Crippen LogP contribution is 2.60. The van der Waals surface area contributed by atoms with E-state index in [-0.39, 0.29) is 0 Å². The molecule has 70 valence electrons. The van der Waals surface area contributed by atoms with Gasteiger partial charge in [-0.25, -0.2) is 0 Å². The minimum atomic E-state index is 0.399. The van der Waals surface area contributed by atoms with Crippen LogP contribution in [0.15, 0.2) is 0 Å². The van der Waals surface area contributed by atoms with E-state index < -0.39 is 0 Å². The molecule has 0 radical (unpaired) electrons. The number of nitrogens with one attached hydrogen (secondary N) is 1. The minimum absolute atomic E-state index is 0.399. The summed E-state index contributed by atoms with van der Waals surface area (Å²) in [5, 5.41) is 3.56. The van der Waals surface area contributed by atoms with Crippen LogP contribution in [0.3, 0.4) is 0 Å². The van der Waals surface area contributed by atoms with Crippen LogP contribution in [0.1, 0.15) is 40.0 Å². The lowest BCUT2D eigenvalue weighted by Gasteiger charge is -2.47. The lowest BCUT2D eigenvalue weighted by molar-refractivity contribution is 0.0732. The smallest absolute Gasteiger partial charge is 0.0232 e. The minimum Gasteiger partial charge on any atom is -0.314 e. The second-order valence-corrected chi connectivity index (χ2v) is 5.38. The predicted molar refractivity (Wildman–Crippen MR) is 52.1 cm³/mol. The Bertz CT molecular complexity index is 197. The molecule has 0 aromatic rings. The highest BCUT2D eigenvalue weighted by atomic mass is 15.0. The van der Waals surface area contributed by atoms with Crippen LogP contribution in [0, 0.1) is 17.3 Å². The van der Waals surface area contributed by atoms with Crippen LogP contribution >= 0.6 is 0 Å². The molecular formula is C11H21N. The van der Waals surface area contributed by atoms with E-state index in [0.29, 0.717) is 11.0 Å². The molecule has 0 heterocycles. The van der Waals surface area contributed by atoms with E-state index >= 15 is 0 Å². The highest BCUT2D eigenvalue weighted by molar-refractivity contribution is 5.13. The molecule has 12 heavy (non-hydrogen) atoms. The molecule has 2 fully saturated rings. The third-order valence-electron chi connectivity index (χ3n) is 5.13. The van der Waals surface area contributed by atoms with E-state index in [9.17, 15) is 0 Å². The van der Waals surface area contributed by atoms with Crippen molar-refractivity contribution in [3.8, 4) is 0 Å². The molecule has 3 atom stereocenters. The maximum absolute atomic E-state index is 3.56. The van der Waals surface area contributed by atoms with Crippen LogP contribution in [0.4, 0.5) is 0 Å². The van der Waals surface area contributed by atoms with Gasteiger partial charge in [-0.1, -0.05) is 13.8 Å². The van der Waals surface area contributed by atoms with Gasteiger partial charge in [0.1, 0.15) is 0 Å². The topological polar surface area (TPSA) is 12.0 Å². The molecule has 0 saturated heterocycles. The first-order chi connectivity index (χ1) is 5.52. The molecule has 1 nitrogen and oxygen atoms in total. The van der Waals surface area contributed by atoms with E-state index in [1.807, 2.05) is 0 Å². The molecule has 0 aliphatic heterocycles. The van der Waals surface area contributed by atoms with Crippen LogP contribution in [0.5, 0.6) is 0 Å². The van der Waals surface area contributed by atoms with Crippen molar-refractivity contribution in [2.45, 2.75) is 45.6 Å². The molecule has 0 spiro atoms. The first-order valence-corrected chi connectivity index (χ1v) is 5.21. The van der Waals surface area contributed by atoms with Crippen molar-refractivity contribution in [3.63, 3.8) is 0 Å². The fourth-order valence-electron chi connectivity index (χ4n) is 3.64. The summed E-state index contributed by atoms with van der Waals surface area (Å²) in [4.78, 5) is 0. The van der Waals surface area contributed by atoms with Crippen LogP contribution < -0.4 is 5.32 Å². The summed E-state index contributed by atoms with van der Waals surface area (Å²) in [5.74, 6) is 1.91. The number of hydrogen-bond donors (Lipinski definition) is 1. The average molecular weight is 167 g/mol. The standard InChI is InChI=1S/C11H21N/c1-10(2)8-5-6-9(7-8)11(10,3)12-4/h8-9,12H,5-7H2,1-4H3/t8-,9+,11+/m1/s1. The molecule has 2 saturated carbocycles. The fraction of sp³-hybridized carbons (Fsp3) is 1.00. The molecule has 0 aromatic heterocycles. The van der Waals surface area contributed by atoms with Gasteiger partial charge < -0.3 is 5.32 Å². The van der Waals surface area contributed by atoms with Gasteiger partial charge in [0.15, 0.2) is 0 Å². The van der Waals surface area contributed by atoms with Gasteiger partial charge in [0.2, 0.25) is 0 Å². The van der Waals surface area contributed by atoms with Gasteiger partial charge in [0.05, 0.1) is 0 Å². The van der Waals surface area contributed by atoms with Crippen molar-refractivity contribution >= 4 is 0 Å². The summed E-state index contributed by atoms with van der Waals surface area (Å²) in [6.07, 6.45) is 4.38. The van der Waals surface area contributed by atoms with Gasteiger partial charge in [0, 0.05) is 5.54 Å². The molecule has 0 unspecified atom stereocenters. The maximum Gasteiger partial charge on any atom is 0.0232 e. The maximum atomic E-state index is 3.56. The van der Waals surface area contributed by atoms with Crippen molar-refractivity contribution in [3.05, 3.63) is 0 Å². The SMILES string of the molecule is CN[C@@]1(C)[C@H]2CC[C@H](C2)C1(C)C. The van der Waals surface area contributed by atoms with Gasteiger partial charge in [-0.05, 0) is 50.5 Å².